The summed E-state index contributed by atoms with van der Waals surface area (Å²) in [7, 11) is 0. The van der Waals surface area contributed by atoms with E-state index in [0.29, 0.717) is 11.1 Å². The molecular weight excluding hydrogens is 360 g/mol. The summed E-state index contributed by atoms with van der Waals surface area (Å²) in [6, 6.07) is 22.0. The molecule has 0 aliphatic carbocycles. The summed E-state index contributed by atoms with van der Waals surface area (Å²) in [5.74, 6) is 0. The van der Waals surface area contributed by atoms with Gasteiger partial charge in [0.15, 0.2) is 0 Å². The number of nitro benzene ring substituents is 1. The van der Waals surface area contributed by atoms with E-state index in [1.54, 1.807) is 36.4 Å². The molecule has 1 atom stereocenters. The van der Waals surface area contributed by atoms with Crippen LogP contribution < -0.4 is 5.32 Å². The molecule has 0 saturated carbocycles. The zero-order valence-electron chi connectivity index (χ0n) is 14.8. The van der Waals surface area contributed by atoms with Gasteiger partial charge in [0, 0.05) is 6.07 Å². The number of nitro groups is 1. The number of aliphatic hydroxyl groups excluding tert-OH is 1. The number of anilines is 1. The highest BCUT2D eigenvalue weighted by Crippen LogP contribution is 2.30. The fraction of sp³-hybridized carbons (Fsp3) is 0.0952. The van der Waals surface area contributed by atoms with Gasteiger partial charge in [-0.1, -0.05) is 66.7 Å². The highest BCUT2D eigenvalue weighted by Gasteiger charge is 2.20. The lowest BCUT2D eigenvalue weighted by Gasteiger charge is -2.13. The van der Waals surface area contributed by atoms with E-state index in [4.69, 9.17) is 4.74 Å². The Kier molecular flexibility index (Phi) is 5.98. The number of rotatable bonds is 6. The number of carbonyl (C=O) groups is 1. The van der Waals surface area contributed by atoms with Gasteiger partial charge in [0.05, 0.1) is 4.92 Å². The van der Waals surface area contributed by atoms with Crippen molar-refractivity contribution in [1.29, 1.82) is 0 Å². The monoisotopic (exact) mass is 378 g/mol. The first-order valence-corrected chi connectivity index (χ1v) is 8.53. The van der Waals surface area contributed by atoms with Gasteiger partial charge in [0.2, 0.25) is 0 Å². The molecule has 0 saturated heterocycles. The van der Waals surface area contributed by atoms with Gasteiger partial charge in [-0.15, -0.1) is 0 Å². The first kappa shape index (κ1) is 19.1. The molecule has 28 heavy (non-hydrogen) atoms. The summed E-state index contributed by atoms with van der Waals surface area (Å²) in [5.41, 5.74) is 1.42. The van der Waals surface area contributed by atoms with Crippen LogP contribution in [0.15, 0.2) is 78.9 Å². The molecule has 0 spiro atoms. The third-order valence-electron chi connectivity index (χ3n) is 4.10. The van der Waals surface area contributed by atoms with Crippen LogP contribution in [0.25, 0.3) is 0 Å². The summed E-state index contributed by atoms with van der Waals surface area (Å²) < 4.78 is 5.09. The van der Waals surface area contributed by atoms with Crippen molar-refractivity contribution in [1.82, 2.24) is 0 Å². The van der Waals surface area contributed by atoms with E-state index in [9.17, 15) is 20.0 Å². The molecule has 1 unspecified atom stereocenters. The fourth-order valence-corrected chi connectivity index (χ4v) is 2.67. The summed E-state index contributed by atoms with van der Waals surface area (Å²) in [6.45, 7) is 0.0469. The Morgan fingerprint density at radius 1 is 1.00 bits per heavy atom. The minimum atomic E-state index is -1.01. The van der Waals surface area contributed by atoms with Crippen LogP contribution >= 0.6 is 0 Å². The first-order chi connectivity index (χ1) is 13.5. The number of benzene rings is 3. The van der Waals surface area contributed by atoms with Crippen LogP contribution in [0.2, 0.25) is 0 Å². The van der Waals surface area contributed by atoms with Crippen molar-refractivity contribution in [2.45, 2.75) is 12.7 Å². The Labute approximate surface area is 161 Å². The Hall–Kier alpha value is -3.71. The van der Waals surface area contributed by atoms with Crippen LogP contribution in [0.1, 0.15) is 22.8 Å². The maximum atomic E-state index is 12.0. The minimum Gasteiger partial charge on any atom is -0.444 e. The van der Waals surface area contributed by atoms with Crippen LogP contribution in [-0.2, 0) is 11.3 Å². The lowest BCUT2D eigenvalue weighted by Crippen LogP contribution is -2.15. The Morgan fingerprint density at radius 2 is 1.64 bits per heavy atom. The van der Waals surface area contributed by atoms with Gasteiger partial charge in [0.25, 0.3) is 5.69 Å². The molecule has 2 N–H and O–H groups in total. The summed E-state index contributed by atoms with van der Waals surface area (Å²) in [5, 5.41) is 24.3. The highest BCUT2D eigenvalue weighted by molar-refractivity contribution is 5.88. The predicted molar refractivity (Wildman–Crippen MR) is 104 cm³/mol. The molecule has 1 amide bonds. The topological polar surface area (TPSA) is 102 Å². The summed E-state index contributed by atoms with van der Waals surface area (Å²) >= 11 is 0. The largest absolute Gasteiger partial charge is 0.444 e. The molecule has 3 aromatic rings. The van der Waals surface area contributed by atoms with Gasteiger partial charge >= 0.3 is 6.09 Å². The zero-order chi connectivity index (χ0) is 19.9. The number of nitrogens with one attached hydrogen (secondary N) is 1. The molecule has 142 valence electrons. The molecule has 0 heterocycles. The van der Waals surface area contributed by atoms with Gasteiger partial charge in [-0.3, -0.25) is 15.4 Å². The average molecular weight is 378 g/mol. The first-order valence-electron chi connectivity index (χ1n) is 8.53. The van der Waals surface area contributed by atoms with Gasteiger partial charge in [-0.25, -0.2) is 4.79 Å². The minimum absolute atomic E-state index is 0.00734. The average Bonchev–Trinajstić information content (AvgIpc) is 2.73. The number of aliphatic hydroxyl groups is 1. The van der Waals surface area contributed by atoms with Crippen molar-refractivity contribution in [2.75, 3.05) is 5.32 Å². The Morgan fingerprint density at radius 3 is 2.29 bits per heavy atom. The molecule has 0 bridgehead atoms. The van der Waals surface area contributed by atoms with Gasteiger partial charge < -0.3 is 9.84 Å². The SMILES string of the molecule is O=C(Nc1ccc(C(O)c2ccccc2)cc1[N+](=O)[O-])OCc1ccccc1. The number of hydrogen-bond acceptors (Lipinski definition) is 5. The van der Waals surface area contributed by atoms with Crippen LogP contribution in [-0.4, -0.2) is 16.1 Å². The van der Waals surface area contributed by atoms with Crippen molar-refractivity contribution in [3.05, 3.63) is 106 Å². The maximum Gasteiger partial charge on any atom is 0.412 e. The Bertz CT molecular complexity index is 961. The van der Waals surface area contributed by atoms with E-state index < -0.39 is 17.1 Å². The molecule has 3 rings (SSSR count). The van der Waals surface area contributed by atoms with Crippen LogP contribution in [0, 0.1) is 10.1 Å². The number of hydrogen-bond donors (Lipinski definition) is 2. The molecule has 0 aliphatic heterocycles. The van der Waals surface area contributed by atoms with Crippen molar-refractivity contribution >= 4 is 17.5 Å². The Balaban J connectivity index is 1.74. The molecule has 7 nitrogen and oxygen atoms in total. The van der Waals surface area contributed by atoms with E-state index in [1.807, 2.05) is 24.3 Å². The van der Waals surface area contributed by atoms with E-state index in [0.717, 1.165) is 5.56 Å². The second kappa shape index (κ2) is 8.79. The van der Waals surface area contributed by atoms with Crippen molar-refractivity contribution < 1.29 is 19.6 Å². The van der Waals surface area contributed by atoms with E-state index in [-0.39, 0.29) is 18.0 Å². The molecule has 3 aromatic carbocycles. The van der Waals surface area contributed by atoms with Crippen LogP contribution in [0.4, 0.5) is 16.2 Å². The van der Waals surface area contributed by atoms with Crippen molar-refractivity contribution in [3.63, 3.8) is 0 Å². The number of amides is 1. The van der Waals surface area contributed by atoms with Crippen molar-refractivity contribution in [2.24, 2.45) is 0 Å². The van der Waals surface area contributed by atoms with E-state index >= 15 is 0 Å². The van der Waals surface area contributed by atoms with Crippen molar-refractivity contribution in [3.8, 4) is 0 Å². The number of carbonyl (C=O) groups excluding carboxylic acids is 1. The van der Waals surface area contributed by atoms with Crippen LogP contribution in [0.3, 0.4) is 0 Å². The lowest BCUT2D eigenvalue weighted by atomic mass is 10.0. The standard InChI is InChI=1S/C21H18N2O5/c24-20(16-9-5-2-6-10-16)17-11-12-18(19(13-17)23(26)27)22-21(25)28-14-15-7-3-1-4-8-15/h1-13,20,24H,14H2,(H,22,25). The number of nitrogens with zero attached hydrogens (tertiary/aromatic N) is 1. The third-order valence-corrected chi connectivity index (χ3v) is 4.10. The van der Waals surface area contributed by atoms with Gasteiger partial charge in [-0.2, -0.15) is 0 Å². The van der Waals surface area contributed by atoms with Crippen LogP contribution in [0.5, 0.6) is 0 Å². The smallest absolute Gasteiger partial charge is 0.412 e. The third kappa shape index (κ3) is 4.72. The molecule has 0 aromatic heterocycles. The maximum absolute atomic E-state index is 12.0. The van der Waals surface area contributed by atoms with Gasteiger partial charge in [-0.05, 0) is 22.8 Å². The summed E-state index contributed by atoms with van der Waals surface area (Å²) in [6.07, 6.45) is -1.82. The molecule has 0 fully saturated rings. The zero-order valence-corrected chi connectivity index (χ0v) is 14.8. The quantitative estimate of drug-likeness (QED) is 0.488. The molecule has 0 radical (unpaired) electrons. The number of ether oxygens (including phenoxy) is 1. The molecule has 0 aliphatic rings. The normalized spacial score (nSPS) is 11.5. The molecular formula is C21H18N2O5. The lowest BCUT2D eigenvalue weighted by molar-refractivity contribution is -0.384. The second-order valence-electron chi connectivity index (χ2n) is 6.03. The second-order valence-corrected chi connectivity index (χ2v) is 6.03. The van der Waals surface area contributed by atoms with E-state index in [1.165, 1.54) is 18.2 Å². The summed E-state index contributed by atoms with van der Waals surface area (Å²) in [4.78, 5) is 22.8. The molecule has 7 heteroatoms. The van der Waals surface area contributed by atoms with Gasteiger partial charge in [0.1, 0.15) is 18.4 Å². The highest BCUT2D eigenvalue weighted by atomic mass is 16.6. The fourth-order valence-electron chi connectivity index (χ4n) is 2.67. The predicted octanol–water partition coefficient (Wildman–Crippen LogP) is 4.43. The van der Waals surface area contributed by atoms with E-state index in [2.05, 4.69) is 5.32 Å².